The molecule has 19 heavy (non-hydrogen) atoms. The topological polar surface area (TPSA) is 117 Å². The summed E-state index contributed by atoms with van der Waals surface area (Å²) in [5.41, 5.74) is -0.360. The van der Waals surface area contributed by atoms with Crippen molar-refractivity contribution in [3.05, 3.63) is 17.1 Å². The standard InChI is InChI=1S/C11H17NO6S/c1-6(4-5-13)12-19(16,17)10-8(3)18-7(2)9(10)11(14)15/h6,12-13H,4-5H2,1-3H3,(H,14,15). The molecule has 1 atom stereocenters. The zero-order valence-corrected chi connectivity index (χ0v) is 11.7. The lowest BCUT2D eigenvalue weighted by atomic mass is 10.2. The van der Waals surface area contributed by atoms with Crippen LogP contribution in [-0.2, 0) is 10.0 Å². The molecule has 108 valence electrons. The Morgan fingerprint density at radius 2 is 1.95 bits per heavy atom. The largest absolute Gasteiger partial charge is 0.478 e. The number of sulfonamides is 1. The monoisotopic (exact) mass is 291 g/mol. The number of carboxylic acids is 1. The highest BCUT2D eigenvalue weighted by atomic mass is 32.2. The van der Waals surface area contributed by atoms with Crippen LogP contribution in [0.25, 0.3) is 0 Å². The van der Waals surface area contributed by atoms with Crippen LogP contribution >= 0.6 is 0 Å². The number of furan rings is 1. The molecule has 1 rings (SSSR count). The number of aliphatic hydroxyl groups excluding tert-OH is 1. The fourth-order valence-corrected chi connectivity index (χ4v) is 3.50. The number of aryl methyl sites for hydroxylation is 2. The third-order valence-electron chi connectivity index (χ3n) is 2.61. The zero-order chi connectivity index (χ0) is 14.8. The Morgan fingerprint density at radius 3 is 2.42 bits per heavy atom. The molecule has 0 fully saturated rings. The van der Waals surface area contributed by atoms with Crippen LogP contribution in [0.2, 0.25) is 0 Å². The Balaban J connectivity index is 3.25. The van der Waals surface area contributed by atoms with Crippen LogP contribution in [0.15, 0.2) is 9.31 Å². The molecule has 1 aromatic heterocycles. The fraction of sp³-hybridized carbons (Fsp3) is 0.545. The van der Waals surface area contributed by atoms with Gasteiger partial charge in [0.05, 0.1) is 0 Å². The van der Waals surface area contributed by atoms with E-state index in [1.807, 2.05) is 0 Å². The Bertz CT molecular complexity index is 574. The molecular weight excluding hydrogens is 274 g/mol. The Hall–Kier alpha value is -1.38. The summed E-state index contributed by atoms with van der Waals surface area (Å²) >= 11 is 0. The lowest BCUT2D eigenvalue weighted by Gasteiger charge is -2.12. The molecule has 0 aliphatic heterocycles. The predicted molar refractivity (Wildman–Crippen MR) is 66.6 cm³/mol. The lowest BCUT2D eigenvalue weighted by Crippen LogP contribution is -2.34. The van der Waals surface area contributed by atoms with Gasteiger partial charge in [0, 0.05) is 12.6 Å². The third kappa shape index (κ3) is 3.34. The normalized spacial score (nSPS) is 13.5. The molecular formula is C11H17NO6S. The number of carboxylic acid groups (broad SMARTS) is 1. The maximum Gasteiger partial charge on any atom is 0.340 e. The number of nitrogens with one attached hydrogen (secondary N) is 1. The molecule has 0 saturated carbocycles. The highest BCUT2D eigenvalue weighted by Gasteiger charge is 2.31. The van der Waals surface area contributed by atoms with Crippen LogP contribution < -0.4 is 4.72 Å². The van der Waals surface area contributed by atoms with E-state index in [1.54, 1.807) is 6.92 Å². The van der Waals surface area contributed by atoms with E-state index in [-0.39, 0.29) is 35.0 Å². The second kappa shape index (κ2) is 5.72. The zero-order valence-electron chi connectivity index (χ0n) is 10.9. The summed E-state index contributed by atoms with van der Waals surface area (Å²) in [6.45, 7) is 4.20. The lowest BCUT2D eigenvalue weighted by molar-refractivity contribution is 0.0691. The van der Waals surface area contributed by atoms with Crippen LogP contribution in [-0.4, -0.2) is 37.2 Å². The predicted octanol–water partition coefficient (Wildman–Crippen LogP) is 0.644. The van der Waals surface area contributed by atoms with Gasteiger partial charge in [0.1, 0.15) is 22.0 Å². The molecule has 0 saturated heterocycles. The van der Waals surface area contributed by atoms with Crippen molar-refractivity contribution in [2.75, 3.05) is 6.61 Å². The van der Waals surface area contributed by atoms with Gasteiger partial charge in [0.2, 0.25) is 10.0 Å². The van der Waals surface area contributed by atoms with Gasteiger partial charge in [-0.3, -0.25) is 0 Å². The number of rotatable bonds is 6. The van der Waals surface area contributed by atoms with Gasteiger partial charge < -0.3 is 14.6 Å². The van der Waals surface area contributed by atoms with E-state index >= 15 is 0 Å². The SMILES string of the molecule is Cc1oc(C)c(S(=O)(=O)NC(C)CCO)c1C(=O)O. The van der Waals surface area contributed by atoms with E-state index < -0.39 is 22.0 Å². The van der Waals surface area contributed by atoms with Crippen LogP contribution in [0.3, 0.4) is 0 Å². The average Bonchev–Trinajstić information content (AvgIpc) is 2.53. The summed E-state index contributed by atoms with van der Waals surface area (Å²) < 4.78 is 31.7. The Morgan fingerprint density at radius 1 is 1.37 bits per heavy atom. The molecule has 0 radical (unpaired) electrons. The summed E-state index contributed by atoms with van der Waals surface area (Å²) in [6.07, 6.45) is 0.234. The van der Waals surface area contributed by atoms with Gasteiger partial charge in [-0.2, -0.15) is 0 Å². The summed E-state index contributed by atoms with van der Waals surface area (Å²) in [6, 6.07) is -0.508. The van der Waals surface area contributed by atoms with Gasteiger partial charge >= 0.3 is 5.97 Å². The molecule has 1 unspecified atom stereocenters. The summed E-state index contributed by atoms with van der Waals surface area (Å²) in [7, 11) is -4.00. The van der Waals surface area contributed by atoms with Gasteiger partial charge in [-0.25, -0.2) is 17.9 Å². The molecule has 1 heterocycles. The van der Waals surface area contributed by atoms with Crippen molar-refractivity contribution in [2.45, 2.75) is 38.1 Å². The maximum atomic E-state index is 12.2. The molecule has 3 N–H and O–H groups in total. The Kier molecular flexibility index (Phi) is 4.72. The maximum absolute atomic E-state index is 12.2. The van der Waals surface area contributed by atoms with Gasteiger partial charge in [-0.1, -0.05) is 0 Å². The Labute approximate surface area is 111 Å². The average molecular weight is 291 g/mol. The molecule has 1 aromatic rings. The highest BCUT2D eigenvalue weighted by molar-refractivity contribution is 7.89. The van der Waals surface area contributed by atoms with Crippen molar-refractivity contribution in [3.8, 4) is 0 Å². The first-order chi connectivity index (χ1) is 8.70. The first kappa shape index (κ1) is 15.7. The van der Waals surface area contributed by atoms with Crippen molar-refractivity contribution in [1.82, 2.24) is 4.72 Å². The molecule has 0 bridgehead atoms. The smallest absolute Gasteiger partial charge is 0.340 e. The second-order valence-electron chi connectivity index (χ2n) is 4.26. The van der Waals surface area contributed by atoms with Crippen molar-refractivity contribution >= 4 is 16.0 Å². The molecule has 7 nitrogen and oxygen atoms in total. The van der Waals surface area contributed by atoms with E-state index in [0.717, 1.165) is 0 Å². The summed E-state index contributed by atoms with van der Waals surface area (Å²) in [4.78, 5) is 10.8. The minimum absolute atomic E-state index is 0.0265. The van der Waals surface area contributed by atoms with E-state index in [1.165, 1.54) is 13.8 Å². The summed E-state index contributed by atoms with van der Waals surface area (Å²) in [5.74, 6) is -1.29. The quantitative estimate of drug-likeness (QED) is 0.708. The third-order valence-corrected chi connectivity index (χ3v) is 4.35. The van der Waals surface area contributed by atoms with Crippen LogP contribution in [0, 0.1) is 13.8 Å². The van der Waals surface area contributed by atoms with Gasteiger partial charge in [-0.05, 0) is 27.2 Å². The van der Waals surface area contributed by atoms with E-state index in [9.17, 15) is 13.2 Å². The highest BCUT2D eigenvalue weighted by Crippen LogP contribution is 2.26. The van der Waals surface area contributed by atoms with Gasteiger partial charge in [-0.15, -0.1) is 0 Å². The summed E-state index contributed by atoms with van der Waals surface area (Å²) in [5, 5.41) is 17.8. The number of hydrogen-bond acceptors (Lipinski definition) is 5. The van der Waals surface area contributed by atoms with E-state index in [0.29, 0.717) is 0 Å². The first-order valence-electron chi connectivity index (χ1n) is 5.67. The minimum Gasteiger partial charge on any atom is -0.478 e. The van der Waals surface area contributed by atoms with Gasteiger partial charge in [0.25, 0.3) is 0 Å². The van der Waals surface area contributed by atoms with Crippen LogP contribution in [0.5, 0.6) is 0 Å². The van der Waals surface area contributed by atoms with Crippen molar-refractivity contribution in [1.29, 1.82) is 0 Å². The van der Waals surface area contributed by atoms with Gasteiger partial charge in [0.15, 0.2) is 0 Å². The van der Waals surface area contributed by atoms with E-state index in [2.05, 4.69) is 4.72 Å². The minimum atomic E-state index is -4.00. The van der Waals surface area contributed by atoms with Crippen LogP contribution in [0.4, 0.5) is 0 Å². The molecule has 8 heteroatoms. The van der Waals surface area contributed by atoms with Crippen molar-refractivity contribution in [3.63, 3.8) is 0 Å². The second-order valence-corrected chi connectivity index (χ2v) is 5.91. The van der Waals surface area contributed by atoms with Crippen LogP contribution in [0.1, 0.15) is 35.2 Å². The molecule has 0 amide bonds. The van der Waals surface area contributed by atoms with Crippen molar-refractivity contribution in [2.24, 2.45) is 0 Å². The van der Waals surface area contributed by atoms with Crippen molar-refractivity contribution < 1.29 is 27.8 Å². The number of aromatic carboxylic acids is 1. The van der Waals surface area contributed by atoms with E-state index in [4.69, 9.17) is 14.6 Å². The number of carbonyl (C=O) groups is 1. The molecule has 0 aromatic carbocycles. The molecule has 0 aliphatic carbocycles. The first-order valence-corrected chi connectivity index (χ1v) is 7.15. The molecule has 0 spiro atoms. The number of hydrogen-bond donors (Lipinski definition) is 3. The number of aliphatic hydroxyl groups is 1. The fourth-order valence-electron chi connectivity index (χ4n) is 1.81. The molecule has 0 aliphatic rings.